The van der Waals surface area contributed by atoms with E-state index in [0.717, 1.165) is 12.2 Å². The largest absolute Gasteiger partial charge is 0.508 e. The molecule has 2 atom stereocenters. The lowest BCUT2D eigenvalue weighted by Gasteiger charge is -2.28. The van der Waals surface area contributed by atoms with Gasteiger partial charge in [-0.1, -0.05) is 13.0 Å². The zero-order valence-corrected chi connectivity index (χ0v) is 7.71. The van der Waals surface area contributed by atoms with Crippen molar-refractivity contribution in [2.24, 2.45) is 5.92 Å². The number of carbonyl (C=O) groups is 1. The second-order valence-corrected chi connectivity index (χ2v) is 3.28. The highest BCUT2D eigenvalue weighted by atomic mass is 16.4. The molecule has 0 radical (unpaired) electrons. The van der Waals surface area contributed by atoms with Gasteiger partial charge in [0.05, 0.1) is 0 Å². The molecule has 2 unspecified atom stereocenters. The zero-order valence-electron chi connectivity index (χ0n) is 7.71. The van der Waals surface area contributed by atoms with Gasteiger partial charge >= 0.3 is 5.97 Å². The minimum Gasteiger partial charge on any atom is -0.508 e. The van der Waals surface area contributed by atoms with Crippen molar-refractivity contribution >= 4 is 5.97 Å². The van der Waals surface area contributed by atoms with Crippen molar-refractivity contribution in [3.63, 3.8) is 0 Å². The fourth-order valence-electron chi connectivity index (χ4n) is 1.22. The van der Waals surface area contributed by atoms with E-state index in [9.17, 15) is 9.90 Å². The van der Waals surface area contributed by atoms with Gasteiger partial charge in [0.1, 0.15) is 11.4 Å². The van der Waals surface area contributed by atoms with Gasteiger partial charge in [0.2, 0.25) is 0 Å². The zero-order chi connectivity index (χ0) is 10.8. The first-order valence-corrected chi connectivity index (χ1v) is 4.18. The molecule has 0 bridgehead atoms. The number of aliphatic hydroxyl groups is 2. The van der Waals surface area contributed by atoms with E-state index in [1.54, 1.807) is 13.0 Å². The van der Waals surface area contributed by atoms with Gasteiger partial charge in [0, 0.05) is 12.0 Å². The van der Waals surface area contributed by atoms with Gasteiger partial charge in [-0.25, -0.2) is 4.79 Å². The van der Waals surface area contributed by atoms with Crippen LogP contribution in [0, 0.1) is 5.92 Å². The third-order valence-electron chi connectivity index (χ3n) is 2.16. The fraction of sp³-hybridized carbons (Fsp3) is 0.300. The smallest absolute Gasteiger partial charge is 0.328 e. The Labute approximate surface area is 81.5 Å². The van der Waals surface area contributed by atoms with Crippen molar-refractivity contribution in [2.75, 3.05) is 0 Å². The molecule has 0 amide bonds. The maximum absolute atomic E-state index is 10.3. The van der Waals surface area contributed by atoms with Crippen LogP contribution in [0.4, 0.5) is 0 Å². The van der Waals surface area contributed by atoms with E-state index >= 15 is 0 Å². The first kappa shape index (κ1) is 10.5. The minimum atomic E-state index is -1.42. The molecule has 14 heavy (non-hydrogen) atoms. The summed E-state index contributed by atoms with van der Waals surface area (Å²) >= 11 is 0. The Kier molecular flexibility index (Phi) is 2.76. The van der Waals surface area contributed by atoms with Crippen LogP contribution in [0.15, 0.2) is 36.1 Å². The van der Waals surface area contributed by atoms with Crippen LogP contribution in [-0.4, -0.2) is 26.9 Å². The summed E-state index contributed by atoms with van der Waals surface area (Å²) in [5.41, 5.74) is -1.42. The molecule has 0 heterocycles. The van der Waals surface area contributed by atoms with Crippen LogP contribution in [0.5, 0.6) is 0 Å². The normalized spacial score (nSPS) is 31.9. The SMILES string of the molecule is CC1C=CC(O)=CC1(O)/C=C/C(=O)O. The summed E-state index contributed by atoms with van der Waals surface area (Å²) in [7, 11) is 0. The van der Waals surface area contributed by atoms with Crippen molar-refractivity contribution in [1.82, 2.24) is 0 Å². The molecular weight excluding hydrogens is 184 g/mol. The molecular formula is C10H12O4. The molecule has 1 aliphatic rings. The third kappa shape index (κ3) is 2.23. The molecule has 0 aliphatic heterocycles. The first-order valence-electron chi connectivity index (χ1n) is 4.18. The molecule has 3 N–H and O–H groups in total. The molecule has 0 saturated carbocycles. The van der Waals surface area contributed by atoms with Gasteiger partial charge in [0.15, 0.2) is 0 Å². The highest BCUT2D eigenvalue weighted by Gasteiger charge is 2.30. The molecule has 76 valence electrons. The summed E-state index contributed by atoms with van der Waals surface area (Å²) in [5, 5.41) is 27.5. The lowest BCUT2D eigenvalue weighted by Crippen LogP contribution is -2.33. The standard InChI is InChI=1S/C10H12O4/c1-7-2-3-8(11)6-10(7,14)5-4-9(12)13/h2-7,11,14H,1H3,(H,12,13)/b5-4+. The maximum atomic E-state index is 10.3. The molecule has 0 aromatic carbocycles. The van der Waals surface area contributed by atoms with E-state index in [1.165, 1.54) is 12.2 Å². The van der Waals surface area contributed by atoms with Gasteiger partial charge in [-0.2, -0.15) is 0 Å². The van der Waals surface area contributed by atoms with Crippen molar-refractivity contribution in [1.29, 1.82) is 0 Å². The van der Waals surface area contributed by atoms with Gasteiger partial charge in [0.25, 0.3) is 0 Å². The Morgan fingerprint density at radius 2 is 2.29 bits per heavy atom. The summed E-state index contributed by atoms with van der Waals surface area (Å²) in [4.78, 5) is 10.3. The second kappa shape index (κ2) is 3.67. The summed E-state index contributed by atoms with van der Waals surface area (Å²) in [6.45, 7) is 1.73. The number of allylic oxidation sites excluding steroid dienone is 1. The van der Waals surface area contributed by atoms with Crippen molar-refractivity contribution < 1.29 is 20.1 Å². The van der Waals surface area contributed by atoms with Crippen LogP contribution < -0.4 is 0 Å². The topological polar surface area (TPSA) is 77.8 Å². The number of carboxylic acid groups (broad SMARTS) is 1. The van der Waals surface area contributed by atoms with E-state index in [-0.39, 0.29) is 11.7 Å². The van der Waals surface area contributed by atoms with Crippen molar-refractivity contribution in [3.8, 4) is 0 Å². The Balaban J connectivity index is 2.93. The molecule has 1 rings (SSSR count). The predicted molar refractivity (Wildman–Crippen MR) is 50.7 cm³/mol. The average molecular weight is 196 g/mol. The number of aliphatic hydroxyl groups excluding tert-OH is 1. The average Bonchev–Trinajstić information content (AvgIpc) is 2.09. The molecule has 0 aromatic rings. The third-order valence-corrected chi connectivity index (χ3v) is 2.16. The molecule has 0 aromatic heterocycles. The summed E-state index contributed by atoms with van der Waals surface area (Å²) in [5.74, 6) is -1.47. The van der Waals surface area contributed by atoms with Crippen LogP contribution in [-0.2, 0) is 4.79 Å². The van der Waals surface area contributed by atoms with E-state index in [0.29, 0.717) is 0 Å². The quantitative estimate of drug-likeness (QED) is 0.576. The summed E-state index contributed by atoms with van der Waals surface area (Å²) < 4.78 is 0. The van der Waals surface area contributed by atoms with E-state index in [1.807, 2.05) is 0 Å². The van der Waals surface area contributed by atoms with Gasteiger partial charge in [-0.15, -0.1) is 0 Å². The molecule has 0 saturated heterocycles. The van der Waals surface area contributed by atoms with E-state index < -0.39 is 11.6 Å². The molecule has 0 spiro atoms. The highest BCUT2D eigenvalue weighted by molar-refractivity contribution is 5.80. The number of rotatable bonds is 2. The lowest BCUT2D eigenvalue weighted by atomic mass is 9.84. The molecule has 1 aliphatic carbocycles. The number of hydrogen-bond donors (Lipinski definition) is 3. The second-order valence-electron chi connectivity index (χ2n) is 3.28. The van der Waals surface area contributed by atoms with Crippen LogP contribution in [0.3, 0.4) is 0 Å². The Hall–Kier alpha value is -1.55. The molecule has 4 heteroatoms. The molecule has 0 fully saturated rings. The Morgan fingerprint density at radius 1 is 1.64 bits per heavy atom. The van der Waals surface area contributed by atoms with Crippen LogP contribution in [0.2, 0.25) is 0 Å². The van der Waals surface area contributed by atoms with Gasteiger partial charge < -0.3 is 15.3 Å². The number of aliphatic carboxylic acids is 1. The van der Waals surface area contributed by atoms with Crippen molar-refractivity contribution in [3.05, 3.63) is 36.1 Å². The number of hydrogen-bond acceptors (Lipinski definition) is 3. The Morgan fingerprint density at radius 3 is 2.86 bits per heavy atom. The van der Waals surface area contributed by atoms with E-state index in [4.69, 9.17) is 10.2 Å². The monoisotopic (exact) mass is 196 g/mol. The van der Waals surface area contributed by atoms with Crippen molar-refractivity contribution in [2.45, 2.75) is 12.5 Å². The summed E-state index contributed by atoms with van der Waals surface area (Å²) in [6, 6.07) is 0. The number of carboxylic acids is 1. The van der Waals surface area contributed by atoms with Gasteiger partial charge in [-0.3, -0.25) is 0 Å². The Bertz CT molecular complexity index is 327. The lowest BCUT2D eigenvalue weighted by molar-refractivity contribution is -0.131. The van der Waals surface area contributed by atoms with Crippen LogP contribution in [0.1, 0.15) is 6.92 Å². The summed E-state index contributed by atoms with van der Waals surface area (Å²) in [6.07, 6.45) is 6.31. The predicted octanol–water partition coefficient (Wildman–Crippen LogP) is 1.01. The van der Waals surface area contributed by atoms with Gasteiger partial charge in [-0.05, 0) is 18.2 Å². The van der Waals surface area contributed by atoms with Crippen LogP contribution >= 0.6 is 0 Å². The van der Waals surface area contributed by atoms with E-state index in [2.05, 4.69) is 0 Å². The first-order chi connectivity index (χ1) is 6.44. The molecule has 4 nitrogen and oxygen atoms in total. The van der Waals surface area contributed by atoms with Crippen LogP contribution in [0.25, 0.3) is 0 Å². The minimum absolute atomic E-state index is 0.0689. The highest BCUT2D eigenvalue weighted by Crippen LogP contribution is 2.27. The fourth-order valence-corrected chi connectivity index (χ4v) is 1.22. The maximum Gasteiger partial charge on any atom is 0.328 e.